The van der Waals surface area contributed by atoms with E-state index in [1.54, 1.807) is 0 Å². The topological polar surface area (TPSA) is 54.7 Å². The molecule has 0 saturated carbocycles. The van der Waals surface area contributed by atoms with Gasteiger partial charge in [0.1, 0.15) is 11.6 Å². The highest BCUT2D eigenvalue weighted by Gasteiger charge is 2.28. The zero-order valence-corrected chi connectivity index (χ0v) is 11.3. The third-order valence-corrected chi connectivity index (χ3v) is 4.16. The summed E-state index contributed by atoms with van der Waals surface area (Å²) in [6.07, 6.45) is 7.69. The van der Waals surface area contributed by atoms with Crippen molar-refractivity contribution < 1.29 is 4.52 Å². The molecule has 4 nitrogen and oxygen atoms in total. The Morgan fingerprint density at radius 1 is 1.30 bits per heavy atom. The van der Waals surface area contributed by atoms with Gasteiger partial charge in [0.15, 0.2) is 0 Å². The number of aromatic amines is 1. The molecule has 0 spiro atoms. The minimum Gasteiger partial charge on any atom is -0.361 e. The third-order valence-electron chi connectivity index (χ3n) is 4.16. The molecule has 3 aromatic rings. The van der Waals surface area contributed by atoms with Crippen molar-refractivity contribution in [2.24, 2.45) is 0 Å². The van der Waals surface area contributed by atoms with Gasteiger partial charge in [-0.05, 0) is 36.5 Å². The Balaban J connectivity index is 1.85. The first kappa shape index (κ1) is 11.5. The highest BCUT2D eigenvalue weighted by molar-refractivity contribution is 5.71. The number of nitrogens with zero attached hydrogens (tertiary/aromatic N) is 2. The molecule has 1 N–H and O–H groups in total. The van der Waals surface area contributed by atoms with Crippen molar-refractivity contribution in [1.29, 1.82) is 0 Å². The van der Waals surface area contributed by atoms with E-state index in [0.717, 1.165) is 30.0 Å². The van der Waals surface area contributed by atoms with Gasteiger partial charge in [-0.15, -0.1) is 0 Å². The van der Waals surface area contributed by atoms with Crippen LogP contribution in [0.2, 0.25) is 0 Å². The van der Waals surface area contributed by atoms with Crippen molar-refractivity contribution >= 4 is 0 Å². The summed E-state index contributed by atoms with van der Waals surface area (Å²) in [7, 11) is 0. The van der Waals surface area contributed by atoms with Crippen molar-refractivity contribution in [1.82, 2.24) is 15.1 Å². The Bertz CT molecular complexity index is 743. The lowest BCUT2D eigenvalue weighted by molar-refractivity contribution is 0.398. The Kier molecular flexibility index (Phi) is 2.49. The molecular weight excluding hydrogens is 250 g/mol. The highest BCUT2D eigenvalue weighted by atomic mass is 16.5. The average Bonchev–Trinajstić information content (AvgIpc) is 3.17. The molecule has 1 unspecified atom stereocenters. The van der Waals surface area contributed by atoms with Crippen LogP contribution in [0.5, 0.6) is 0 Å². The zero-order valence-electron chi connectivity index (χ0n) is 11.3. The first-order chi connectivity index (χ1) is 9.84. The second-order valence-electron chi connectivity index (χ2n) is 5.23. The van der Waals surface area contributed by atoms with Crippen molar-refractivity contribution in [2.75, 3.05) is 0 Å². The average molecular weight is 265 g/mol. The predicted octanol–water partition coefficient (Wildman–Crippen LogP) is 3.45. The van der Waals surface area contributed by atoms with Crippen LogP contribution in [0.4, 0.5) is 0 Å². The number of aryl methyl sites for hydroxylation is 1. The summed E-state index contributed by atoms with van der Waals surface area (Å²) in [5, 5.41) is 3.90. The fraction of sp³-hybridized carbons (Fsp3) is 0.250. The van der Waals surface area contributed by atoms with Crippen LogP contribution < -0.4 is 0 Å². The van der Waals surface area contributed by atoms with Crippen LogP contribution in [-0.4, -0.2) is 15.1 Å². The van der Waals surface area contributed by atoms with Crippen LogP contribution in [0.15, 0.2) is 41.3 Å². The lowest BCUT2D eigenvalue weighted by Gasteiger charge is -2.10. The van der Waals surface area contributed by atoms with Gasteiger partial charge in [-0.2, -0.15) is 0 Å². The van der Waals surface area contributed by atoms with Gasteiger partial charge < -0.3 is 9.51 Å². The van der Waals surface area contributed by atoms with Crippen LogP contribution in [-0.2, 0) is 6.42 Å². The molecule has 1 aliphatic carbocycles. The summed E-state index contributed by atoms with van der Waals surface area (Å²) in [5.41, 5.74) is 5.12. The standard InChI is InChI=1S/C16H15N3O/c1-10-15(9-19-20-10)12-4-2-3-11-13(12)5-6-14(11)16-17-7-8-18-16/h2-4,7-9,14H,5-6H2,1H3,(H,17,18). The summed E-state index contributed by atoms with van der Waals surface area (Å²) in [6, 6.07) is 6.48. The molecule has 0 saturated heterocycles. The first-order valence-corrected chi connectivity index (χ1v) is 6.87. The van der Waals surface area contributed by atoms with Gasteiger partial charge >= 0.3 is 0 Å². The molecule has 2 heterocycles. The van der Waals surface area contributed by atoms with E-state index in [9.17, 15) is 0 Å². The monoisotopic (exact) mass is 265 g/mol. The van der Waals surface area contributed by atoms with Crippen LogP contribution in [0.1, 0.15) is 35.1 Å². The molecule has 0 amide bonds. The smallest absolute Gasteiger partial charge is 0.141 e. The third kappa shape index (κ3) is 1.61. The lowest BCUT2D eigenvalue weighted by Crippen LogP contribution is -1.98. The summed E-state index contributed by atoms with van der Waals surface area (Å²) in [6.45, 7) is 1.96. The second kappa shape index (κ2) is 4.34. The molecule has 1 atom stereocenters. The highest BCUT2D eigenvalue weighted by Crippen LogP contribution is 2.41. The fourth-order valence-electron chi connectivity index (χ4n) is 3.22. The van der Waals surface area contributed by atoms with Gasteiger partial charge in [-0.3, -0.25) is 0 Å². The number of hydrogen-bond donors (Lipinski definition) is 1. The molecule has 0 radical (unpaired) electrons. The van der Waals surface area contributed by atoms with Gasteiger partial charge in [0.05, 0.1) is 6.20 Å². The number of fused-ring (bicyclic) bond motifs is 1. The van der Waals surface area contributed by atoms with Gasteiger partial charge in [0.25, 0.3) is 0 Å². The quantitative estimate of drug-likeness (QED) is 0.772. The molecule has 100 valence electrons. The summed E-state index contributed by atoms with van der Waals surface area (Å²) in [4.78, 5) is 7.66. The van der Waals surface area contributed by atoms with Crippen molar-refractivity contribution in [3.8, 4) is 11.1 Å². The van der Waals surface area contributed by atoms with Crippen LogP contribution in [0.3, 0.4) is 0 Å². The summed E-state index contributed by atoms with van der Waals surface area (Å²) >= 11 is 0. The Hall–Kier alpha value is -2.36. The largest absolute Gasteiger partial charge is 0.361 e. The maximum atomic E-state index is 5.21. The fourth-order valence-corrected chi connectivity index (χ4v) is 3.22. The minimum atomic E-state index is 0.375. The van der Waals surface area contributed by atoms with E-state index in [4.69, 9.17) is 4.52 Å². The van der Waals surface area contributed by atoms with E-state index in [1.165, 1.54) is 16.7 Å². The van der Waals surface area contributed by atoms with E-state index in [-0.39, 0.29) is 0 Å². The Morgan fingerprint density at radius 3 is 3.00 bits per heavy atom. The molecule has 0 aliphatic heterocycles. The number of rotatable bonds is 2. The number of benzene rings is 1. The molecule has 0 bridgehead atoms. The Morgan fingerprint density at radius 2 is 2.25 bits per heavy atom. The SMILES string of the molecule is Cc1oncc1-c1cccc2c1CCC2c1ncc[nH]1. The number of nitrogens with one attached hydrogen (secondary N) is 1. The van der Waals surface area contributed by atoms with Crippen molar-refractivity contribution in [3.63, 3.8) is 0 Å². The van der Waals surface area contributed by atoms with E-state index < -0.39 is 0 Å². The normalized spacial score (nSPS) is 17.4. The number of hydrogen-bond acceptors (Lipinski definition) is 3. The molecule has 4 rings (SSSR count). The molecule has 1 aromatic carbocycles. The first-order valence-electron chi connectivity index (χ1n) is 6.87. The van der Waals surface area contributed by atoms with Gasteiger partial charge in [-0.25, -0.2) is 4.98 Å². The molecule has 1 aliphatic rings. The van der Waals surface area contributed by atoms with E-state index in [0.29, 0.717) is 5.92 Å². The lowest BCUT2D eigenvalue weighted by atomic mass is 9.95. The van der Waals surface area contributed by atoms with Crippen LogP contribution in [0.25, 0.3) is 11.1 Å². The van der Waals surface area contributed by atoms with Gasteiger partial charge in [-0.1, -0.05) is 23.4 Å². The summed E-state index contributed by atoms with van der Waals surface area (Å²) in [5.74, 6) is 2.31. The maximum Gasteiger partial charge on any atom is 0.141 e. The maximum absolute atomic E-state index is 5.21. The molecule has 2 aromatic heterocycles. The molecule has 0 fully saturated rings. The number of H-pyrrole nitrogens is 1. The predicted molar refractivity (Wildman–Crippen MR) is 75.4 cm³/mol. The van der Waals surface area contributed by atoms with E-state index >= 15 is 0 Å². The number of aromatic nitrogens is 3. The Labute approximate surface area is 116 Å². The van der Waals surface area contributed by atoms with Gasteiger partial charge in [0, 0.05) is 23.9 Å². The minimum absolute atomic E-state index is 0.375. The van der Waals surface area contributed by atoms with Gasteiger partial charge in [0.2, 0.25) is 0 Å². The van der Waals surface area contributed by atoms with Crippen LogP contribution in [0, 0.1) is 6.92 Å². The van der Waals surface area contributed by atoms with Crippen LogP contribution >= 0.6 is 0 Å². The van der Waals surface area contributed by atoms with E-state index in [2.05, 4.69) is 33.3 Å². The van der Waals surface area contributed by atoms with E-state index in [1.807, 2.05) is 25.5 Å². The van der Waals surface area contributed by atoms with Crippen molar-refractivity contribution in [2.45, 2.75) is 25.7 Å². The molecule has 20 heavy (non-hydrogen) atoms. The molecule has 4 heteroatoms. The second-order valence-corrected chi connectivity index (χ2v) is 5.23. The number of imidazole rings is 1. The van der Waals surface area contributed by atoms with Crippen molar-refractivity contribution in [3.05, 3.63) is 59.5 Å². The molecular formula is C16H15N3O. The summed E-state index contributed by atoms with van der Waals surface area (Å²) < 4.78 is 5.21. The zero-order chi connectivity index (χ0) is 13.5.